The third-order valence-corrected chi connectivity index (χ3v) is 3.33. The van der Waals surface area contributed by atoms with Crippen LogP contribution in [0.15, 0.2) is 24.4 Å². The summed E-state index contributed by atoms with van der Waals surface area (Å²) >= 11 is 17.9. The van der Waals surface area contributed by atoms with Crippen molar-refractivity contribution in [2.45, 2.75) is 6.42 Å². The second-order valence-corrected chi connectivity index (χ2v) is 5.09. The molecular weight excluding hydrogens is 307 g/mol. The number of nitrogens with zero attached hydrogens (tertiary/aromatic N) is 2. The molecule has 0 fully saturated rings. The van der Waals surface area contributed by atoms with Crippen molar-refractivity contribution in [3.63, 3.8) is 0 Å². The smallest absolute Gasteiger partial charge is 0.222 e. The van der Waals surface area contributed by atoms with Crippen LogP contribution < -0.4 is 11.1 Å². The van der Waals surface area contributed by atoms with Gasteiger partial charge in [-0.3, -0.25) is 0 Å². The van der Waals surface area contributed by atoms with E-state index in [1.54, 1.807) is 12.1 Å². The predicted octanol–water partition coefficient (Wildman–Crippen LogP) is 3.67. The first kappa shape index (κ1) is 14.2. The average molecular weight is 318 g/mol. The summed E-state index contributed by atoms with van der Waals surface area (Å²) in [6.07, 6.45) is 2.18. The number of rotatable bonds is 4. The van der Waals surface area contributed by atoms with Crippen LogP contribution in [0.1, 0.15) is 5.56 Å². The molecule has 0 aliphatic heterocycles. The van der Waals surface area contributed by atoms with Gasteiger partial charge in [0.25, 0.3) is 0 Å². The summed E-state index contributed by atoms with van der Waals surface area (Å²) in [5, 5.41) is 4.78. The third-order valence-electron chi connectivity index (χ3n) is 2.46. The first-order valence-electron chi connectivity index (χ1n) is 5.52. The lowest BCUT2D eigenvalue weighted by Crippen LogP contribution is -2.08. The SMILES string of the molecule is Nc1ncc(Cl)c(NCCc2ccc(Cl)cc2Cl)n1. The topological polar surface area (TPSA) is 63.8 Å². The van der Waals surface area contributed by atoms with Gasteiger partial charge in [-0.05, 0) is 24.1 Å². The molecule has 7 heteroatoms. The van der Waals surface area contributed by atoms with Crippen LogP contribution in [0, 0.1) is 0 Å². The summed E-state index contributed by atoms with van der Waals surface area (Å²) < 4.78 is 0. The fourth-order valence-corrected chi connectivity index (χ4v) is 2.21. The van der Waals surface area contributed by atoms with Gasteiger partial charge in [0, 0.05) is 16.6 Å². The number of halogens is 3. The maximum Gasteiger partial charge on any atom is 0.222 e. The second kappa shape index (κ2) is 6.28. The lowest BCUT2D eigenvalue weighted by atomic mass is 10.1. The lowest BCUT2D eigenvalue weighted by Gasteiger charge is -2.08. The number of anilines is 2. The van der Waals surface area contributed by atoms with Crippen LogP contribution >= 0.6 is 34.8 Å². The van der Waals surface area contributed by atoms with Crippen molar-refractivity contribution >= 4 is 46.6 Å². The van der Waals surface area contributed by atoms with Crippen molar-refractivity contribution in [1.29, 1.82) is 0 Å². The number of hydrogen-bond acceptors (Lipinski definition) is 4. The second-order valence-electron chi connectivity index (χ2n) is 3.84. The van der Waals surface area contributed by atoms with Crippen molar-refractivity contribution in [2.24, 2.45) is 0 Å². The molecule has 3 N–H and O–H groups in total. The van der Waals surface area contributed by atoms with E-state index in [9.17, 15) is 0 Å². The van der Waals surface area contributed by atoms with Gasteiger partial charge in [-0.2, -0.15) is 4.98 Å². The van der Waals surface area contributed by atoms with Crippen LogP contribution in [-0.2, 0) is 6.42 Å². The summed E-state index contributed by atoms with van der Waals surface area (Å²) in [6.45, 7) is 0.623. The molecule has 2 rings (SSSR count). The maximum atomic E-state index is 6.08. The molecule has 0 unspecified atom stereocenters. The zero-order valence-electron chi connectivity index (χ0n) is 9.83. The van der Waals surface area contributed by atoms with Gasteiger partial charge in [0.05, 0.1) is 6.20 Å². The average Bonchev–Trinajstić information content (AvgIpc) is 2.36. The van der Waals surface area contributed by atoms with Crippen LogP contribution in [0.4, 0.5) is 11.8 Å². The van der Waals surface area contributed by atoms with E-state index < -0.39 is 0 Å². The highest BCUT2D eigenvalue weighted by molar-refractivity contribution is 6.35. The van der Waals surface area contributed by atoms with Gasteiger partial charge in [-0.15, -0.1) is 0 Å². The Morgan fingerprint density at radius 2 is 1.95 bits per heavy atom. The minimum Gasteiger partial charge on any atom is -0.368 e. The maximum absolute atomic E-state index is 6.08. The Morgan fingerprint density at radius 3 is 2.68 bits per heavy atom. The zero-order valence-corrected chi connectivity index (χ0v) is 12.1. The van der Waals surface area contributed by atoms with Crippen molar-refractivity contribution in [3.8, 4) is 0 Å². The van der Waals surface area contributed by atoms with E-state index in [0.29, 0.717) is 27.4 Å². The van der Waals surface area contributed by atoms with Crippen molar-refractivity contribution in [3.05, 3.63) is 45.0 Å². The van der Waals surface area contributed by atoms with E-state index in [1.807, 2.05) is 6.07 Å². The number of hydrogen-bond donors (Lipinski definition) is 2. The predicted molar refractivity (Wildman–Crippen MR) is 80.1 cm³/mol. The Hall–Kier alpha value is -1.23. The number of benzene rings is 1. The molecule has 4 nitrogen and oxygen atoms in total. The van der Waals surface area contributed by atoms with E-state index in [-0.39, 0.29) is 5.95 Å². The quantitative estimate of drug-likeness (QED) is 0.903. The molecule has 0 saturated carbocycles. The van der Waals surface area contributed by atoms with E-state index in [4.69, 9.17) is 40.5 Å². The molecule has 0 aliphatic rings. The number of nitrogens with one attached hydrogen (secondary N) is 1. The van der Waals surface area contributed by atoms with Gasteiger partial charge in [0.1, 0.15) is 10.8 Å². The molecule has 1 aromatic carbocycles. The molecule has 0 amide bonds. The molecule has 0 radical (unpaired) electrons. The zero-order chi connectivity index (χ0) is 13.8. The molecule has 1 aromatic heterocycles. The van der Waals surface area contributed by atoms with Crippen LogP contribution in [0.25, 0.3) is 0 Å². The van der Waals surface area contributed by atoms with Crippen LogP contribution in [0.2, 0.25) is 15.1 Å². The monoisotopic (exact) mass is 316 g/mol. The minimum atomic E-state index is 0.177. The van der Waals surface area contributed by atoms with Crippen LogP contribution in [0.3, 0.4) is 0 Å². The highest BCUT2D eigenvalue weighted by atomic mass is 35.5. The Labute approximate surface area is 125 Å². The summed E-state index contributed by atoms with van der Waals surface area (Å²) in [4.78, 5) is 7.80. The largest absolute Gasteiger partial charge is 0.368 e. The van der Waals surface area contributed by atoms with Crippen LogP contribution in [-0.4, -0.2) is 16.5 Å². The molecule has 0 bridgehead atoms. The lowest BCUT2D eigenvalue weighted by molar-refractivity contribution is 1.00. The summed E-state index contributed by atoms with van der Waals surface area (Å²) in [7, 11) is 0. The van der Waals surface area contributed by atoms with Crippen molar-refractivity contribution in [2.75, 3.05) is 17.6 Å². The molecule has 0 saturated heterocycles. The molecule has 100 valence electrons. The van der Waals surface area contributed by atoms with Gasteiger partial charge < -0.3 is 11.1 Å². The molecule has 1 heterocycles. The number of aromatic nitrogens is 2. The molecular formula is C12H11Cl3N4. The molecule has 0 aliphatic carbocycles. The van der Waals surface area contributed by atoms with E-state index in [0.717, 1.165) is 12.0 Å². The van der Waals surface area contributed by atoms with E-state index in [1.165, 1.54) is 6.20 Å². The highest BCUT2D eigenvalue weighted by Gasteiger charge is 2.05. The van der Waals surface area contributed by atoms with Gasteiger partial charge in [-0.25, -0.2) is 4.98 Å². The summed E-state index contributed by atoms with van der Waals surface area (Å²) in [5.74, 6) is 0.690. The van der Waals surface area contributed by atoms with Gasteiger partial charge >= 0.3 is 0 Å². The normalized spacial score (nSPS) is 10.5. The fraction of sp³-hybridized carbons (Fsp3) is 0.167. The van der Waals surface area contributed by atoms with Crippen LogP contribution in [0.5, 0.6) is 0 Å². The Bertz CT molecular complexity index is 589. The molecule has 0 spiro atoms. The number of nitrogen functional groups attached to an aromatic ring is 1. The molecule has 19 heavy (non-hydrogen) atoms. The van der Waals surface area contributed by atoms with Crippen molar-refractivity contribution < 1.29 is 0 Å². The Morgan fingerprint density at radius 1 is 1.16 bits per heavy atom. The van der Waals surface area contributed by atoms with Gasteiger partial charge in [-0.1, -0.05) is 40.9 Å². The summed E-state index contributed by atoms with van der Waals surface area (Å²) in [5.41, 5.74) is 6.49. The Balaban J connectivity index is 1.98. The fourth-order valence-electron chi connectivity index (χ4n) is 1.54. The molecule has 2 aromatic rings. The van der Waals surface area contributed by atoms with Gasteiger partial charge in [0.2, 0.25) is 5.95 Å². The third kappa shape index (κ3) is 3.86. The van der Waals surface area contributed by atoms with E-state index in [2.05, 4.69) is 15.3 Å². The van der Waals surface area contributed by atoms with Gasteiger partial charge in [0.15, 0.2) is 0 Å². The summed E-state index contributed by atoms with van der Waals surface area (Å²) in [6, 6.07) is 5.41. The first-order valence-corrected chi connectivity index (χ1v) is 6.65. The minimum absolute atomic E-state index is 0.177. The standard InChI is InChI=1S/C12H11Cl3N4/c13-8-2-1-7(9(14)5-8)3-4-17-11-10(15)6-18-12(16)19-11/h1-2,5-6H,3-4H2,(H3,16,17,18,19). The number of nitrogens with two attached hydrogens (primary N) is 1. The molecule has 0 atom stereocenters. The Kier molecular flexibility index (Phi) is 4.69. The first-order chi connectivity index (χ1) is 9.06. The highest BCUT2D eigenvalue weighted by Crippen LogP contribution is 2.22. The van der Waals surface area contributed by atoms with E-state index >= 15 is 0 Å². The van der Waals surface area contributed by atoms with Crippen molar-refractivity contribution in [1.82, 2.24) is 9.97 Å².